The van der Waals surface area contributed by atoms with Crippen molar-refractivity contribution >= 4 is 23.0 Å². The number of nitrogens with one attached hydrogen (secondary N) is 1. The van der Waals surface area contributed by atoms with E-state index in [1.54, 1.807) is 13.2 Å². The maximum absolute atomic E-state index is 11.9. The number of nitrogens with zero attached hydrogens (tertiary/aromatic N) is 4. The van der Waals surface area contributed by atoms with Crippen LogP contribution in [0.5, 0.6) is 0 Å². The first-order valence-corrected chi connectivity index (χ1v) is 9.19. The fourth-order valence-electron chi connectivity index (χ4n) is 3.15. The third-order valence-electron chi connectivity index (χ3n) is 4.75. The van der Waals surface area contributed by atoms with Crippen LogP contribution in [-0.2, 0) is 13.6 Å². The number of rotatable bonds is 6. The molecule has 0 aliphatic carbocycles. The highest BCUT2D eigenvalue weighted by Crippen LogP contribution is 2.22. The lowest BCUT2D eigenvalue weighted by Gasteiger charge is -2.36. The molecule has 8 heteroatoms. The lowest BCUT2D eigenvalue weighted by molar-refractivity contribution is 0.267. The minimum absolute atomic E-state index is 0.246. The Hall–Kier alpha value is -2.09. The van der Waals surface area contributed by atoms with E-state index < -0.39 is 0 Å². The summed E-state index contributed by atoms with van der Waals surface area (Å²) >= 11 is 6.20. The van der Waals surface area contributed by atoms with Crippen LogP contribution in [0.3, 0.4) is 0 Å². The third-order valence-corrected chi connectivity index (χ3v) is 5.11. The van der Waals surface area contributed by atoms with Crippen molar-refractivity contribution < 1.29 is 0 Å². The van der Waals surface area contributed by atoms with Crippen molar-refractivity contribution in [3.05, 3.63) is 51.4 Å². The quantitative estimate of drug-likeness (QED) is 0.786. The number of halogens is 1. The van der Waals surface area contributed by atoms with Crippen LogP contribution in [-0.4, -0.2) is 53.9 Å². The lowest BCUT2D eigenvalue weighted by Crippen LogP contribution is -2.48. The maximum Gasteiger partial charge on any atom is 0.287 e. The zero-order valence-corrected chi connectivity index (χ0v) is 15.7. The summed E-state index contributed by atoms with van der Waals surface area (Å²) in [5, 5.41) is 7.79. The van der Waals surface area contributed by atoms with Crippen LogP contribution < -0.4 is 21.5 Å². The number of piperazine rings is 1. The molecule has 0 saturated carbocycles. The van der Waals surface area contributed by atoms with E-state index in [9.17, 15) is 4.79 Å². The van der Waals surface area contributed by atoms with E-state index in [2.05, 4.69) is 26.3 Å². The Labute approximate surface area is 158 Å². The van der Waals surface area contributed by atoms with Gasteiger partial charge in [0.15, 0.2) is 0 Å². The number of aromatic nitrogens is 2. The van der Waals surface area contributed by atoms with E-state index in [-0.39, 0.29) is 10.6 Å². The highest BCUT2D eigenvalue weighted by Gasteiger charge is 2.20. The summed E-state index contributed by atoms with van der Waals surface area (Å²) in [5.74, 6) is 0. The van der Waals surface area contributed by atoms with E-state index in [4.69, 9.17) is 17.3 Å². The Morgan fingerprint density at radius 1 is 1.23 bits per heavy atom. The predicted molar refractivity (Wildman–Crippen MR) is 106 cm³/mol. The molecule has 0 unspecified atom stereocenters. The molecule has 2 heterocycles. The van der Waals surface area contributed by atoms with Crippen molar-refractivity contribution in [2.75, 3.05) is 49.5 Å². The first kappa shape index (κ1) is 18.7. The molecule has 26 heavy (non-hydrogen) atoms. The molecule has 1 aliphatic rings. The first-order chi connectivity index (χ1) is 12.6. The zero-order chi connectivity index (χ0) is 18.5. The van der Waals surface area contributed by atoms with Crippen molar-refractivity contribution in [2.45, 2.75) is 6.54 Å². The summed E-state index contributed by atoms with van der Waals surface area (Å²) < 4.78 is 1.26. The van der Waals surface area contributed by atoms with Crippen LogP contribution in [0.4, 0.5) is 11.4 Å². The highest BCUT2D eigenvalue weighted by molar-refractivity contribution is 6.33. The van der Waals surface area contributed by atoms with Gasteiger partial charge in [-0.1, -0.05) is 29.8 Å². The van der Waals surface area contributed by atoms with E-state index in [1.165, 1.54) is 4.68 Å². The van der Waals surface area contributed by atoms with Gasteiger partial charge in [0.25, 0.3) is 5.56 Å². The van der Waals surface area contributed by atoms with Gasteiger partial charge in [0, 0.05) is 58.5 Å². The van der Waals surface area contributed by atoms with Gasteiger partial charge in [0.1, 0.15) is 5.02 Å². The maximum atomic E-state index is 11.9. The van der Waals surface area contributed by atoms with E-state index in [0.29, 0.717) is 6.54 Å². The number of hydrogen-bond acceptors (Lipinski definition) is 6. The van der Waals surface area contributed by atoms with Gasteiger partial charge in [-0.3, -0.25) is 9.69 Å². The standard InChI is InChI=1S/C18H25ClN6O/c1-23-18(26)17(19)16(13-22-23)25-10-8-24(9-11-25)7-6-21-15-5-3-2-4-14(15)12-20/h2-5,13,21H,6-12,20H2,1H3. The minimum Gasteiger partial charge on any atom is -0.383 e. The number of nitrogens with two attached hydrogens (primary N) is 1. The number of benzene rings is 1. The predicted octanol–water partition coefficient (Wildman–Crippen LogP) is 1.13. The number of hydrogen-bond donors (Lipinski definition) is 2. The van der Waals surface area contributed by atoms with E-state index >= 15 is 0 Å². The number of anilines is 2. The zero-order valence-electron chi connectivity index (χ0n) is 15.0. The molecule has 1 fully saturated rings. The average molecular weight is 377 g/mol. The SMILES string of the molecule is Cn1ncc(N2CCN(CCNc3ccccc3CN)CC2)c(Cl)c1=O. The smallest absolute Gasteiger partial charge is 0.287 e. The van der Waals surface area contributed by atoms with Crippen LogP contribution in [0.1, 0.15) is 5.56 Å². The summed E-state index contributed by atoms with van der Waals surface area (Å²) in [6.07, 6.45) is 1.67. The molecule has 2 aromatic rings. The van der Waals surface area contributed by atoms with Crippen LogP contribution in [0.25, 0.3) is 0 Å². The van der Waals surface area contributed by atoms with E-state index in [1.807, 2.05) is 18.2 Å². The van der Waals surface area contributed by atoms with Gasteiger partial charge in [-0.25, -0.2) is 4.68 Å². The molecule has 3 rings (SSSR count). The number of para-hydroxylation sites is 1. The van der Waals surface area contributed by atoms with Crippen molar-refractivity contribution in [2.24, 2.45) is 12.8 Å². The second-order valence-electron chi connectivity index (χ2n) is 6.39. The largest absolute Gasteiger partial charge is 0.383 e. The van der Waals surface area contributed by atoms with Gasteiger partial charge in [-0.15, -0.1) is 0 Å². The van der Waals surface area contributed by atoms with Crippen LogP contribution >= 0.6 is 11.6 Å². The van der Waals surface area contributed by atoms with Gasteiger partial charge in [-0.05, 0) is 11.6 Å². The van der Waals surface area contributed by atoms with Gasteiger partial charge >= 0.3 is 0 Å². The third kappa shape index (κ3) is 4.17. The minimum atomic E-state index is -0.255. The Balaban J connectivity index is 1.50. The van der Waals surface area contributed by atoms with Gasteiger partial charge in [-0.2, -0.15) is 5.10 Å². The molecule has 7 nitrogen and oxygen atoms in total. The van der Waals surface area contributed by atoms with Crippen molar-refractivity contribution in [1.29, 1.82) is 0 Å². The normalized spacial score (nSPS) is 15.3. The lowest BCUT2D eigenvalue weighted by atomic mass is 10.2. The second-order valence-corrected chi connectivity index (χ2v) is 6.77. The summed E-state index contributed by atoms with van der Waals surface area (Å²) in [4.78, 5) is 16.5. The Morgan fingerprint density at radius 2 is 1.96 bits per heavy atom. The summed E-state index contributed by atoms with van der Waals surface area (Å²) in [7, 11) is 1.60. The summed E-state index contributed by atoms with van der Waals surface area (Å²) in [6, 6.07) is 8.12. The Morgan fingerprint density at radius 3 is 2.69 bits per heavy atom. The van der Waals surface area contributed by atoms with Gasteiger partial charge in [0.05, 0.1) is 11.9 Å². The van der Waals surface area contributed by atoms with Crippen LogP contribution in [0.15, 0.2) is 35.3 Å². The highest BCUT2D eigenvalue weighted by atomic mass is 35.5. The topological polar surface area (TPSA) is 79.4 Å². The second kappa shape index (κ2) is 8.53. The molecule has 1 aliphatic heterocycles. The van der Waals surface area contributed by atoms with Gasteiger partial charge < -0.3 is 16.0 Å². The van der Waals surface area contributed by atoms with Crippen molar-refractivity contribution in [3.63, 3.8) is 0 Å². The molecule has 1 aromatic heterocycles. The average Bonchev–Trinajstić information content (AvgIpc) is 2.67. The fraction of sp³-hybridized carbons (Fsp3) is 0.444. The molecule has 0 amide bonds. The first-order valence-electron chi connectivity index (χ1n) is 8.81. The Kier molecular flexibility index (Phi) is 6.13. The molecule has 3 N–H and O–H groups in total. The monoisotopic (exact) mass is 376 g/mol. The van der Waals surface area contributed by atoms with E-state index in [0.717, 1.165) is 56.2 Å². The fourth-order valence-corrected chi connectivity index (χ4v) is 3.44. The molecule has 1 saturated heterocycles. The van der Waals surface area contributed by atoms with Crippen molar-refractivity contribution in [1.82, 2.24) is 14.7 Å². The molecular weight excluding hydrogens is 352 g/mol. The molecular formula is C18H25ClN6O. The summed E-state index contributed by atoms with van der Waals surface area (Å²) in [6.45, 7) is 5.85. The number of aryl methyl sites for hydroxylation is 1. The molecule has 0 bridgehead atoms. The van der Waals surface area contributed by atoms with Crippen molar-refractivity contribution in [3.8, 4) is 0 Å². The molecule has 140 valence electrons. The summed E-state index contributed by atoms with van der Waals surface area (Å²) in [5.41, 5.74) is 8.48. The Bertz CT molecular complexity index is 801. The molecule has 0 spiro atoms. The molecule has 1 aromatic carbocycles. The van der Waals surface area contributed by atoms with Gasteiger partial charge in [0.2, 0.25) is 0 Å². The van der Waals surface area contributed by atoms with Crippen LogP contribution in [0, 0.1) is 0 Å². The molecule has 0 atom stereocenters. The van der Waals surface area contributed by atoms with Crippen LogP contribution in [0.2, 0.25) is 5.02 Å². The molecule has 0 radical (unpaired) electrons.